The Morgan fingerprint density at radius 3 is 2.46 bits per heavy atom. The van der Waals surface area contributed by atoms with Crippen LogP contribution in [0.4, 0.5) is 0 Å². The minimum atomic E-state index is -0.575. The first-order valence-corrected chi connectivity index (χ1v) is 9.82. The number of carbonyl (C=O) groups excluding carboxylic acids is 4. The van der Waals surface area contributed by atoms with E-state index in [-0.39, 0.29) is 40.5 Å². The van der Waals surface area contributed by atoms with Gasteiger partial charge in [-0.2, -0.15) is 0 Å². The lowest BCUT2D eigenvalue weighted by atomic mass is 9.55. The SMILES string of the molecule is CC(=O)Oc1ccc2c(c1OC(C)=O)C(=O)C[C@@H]1[C@@H]2CC[C@]2(C)C(=O)CC[C@@H]12. The van der Waals surface area contributed by atoms with Crippen molar-refractivity contribution in [3.8, 4) is 11.5 Å². The molecule has 0 aromatic heterocycles. The molecular weight excluding hydrogens is 360 g/mol. The van der Waals surface area contributed by atoms with Gasteiger partial charge in [-0.05, 0) is 48.6 Å². The molecule has 4 atom stereocenters. The Labute approximate surface area is 163 Å². The Balaban J connectivity index is 1.80. The second-order valence-corrected chi connectivity index (χ2v) is 8.47. The smallest absolute Gasteiger partial charge is 0.308 e. The van der Waals surface area contributed by atoms with Crippen LogP contribution in [0.5, 0.6) is 11.5 Å². The van der Waals surface area contributed by atoms with Crippen molar-refractivity contribution in [2.45, 2.75) is 58.8 Å². The van der Waals surface area contributed by atoms with Gasteiger partial charge in [0.25, 0.3) is 0 Å². The third-order valence-electron chi connectivity index (χ3n) is 6.90. The summed E-state index contributed by atoms with van der Waals surface area (Å²) in [7, 11) is 0. The van der Waals surface area contributed by atoms with E-state index in [0.717, 1.165) is 24.8 Å². The van der Waals surface area contributed by atoms with E-state index in [0.29, 0.717) is 24.2 Å². The van der Waals surface area contributed by atoms with Crippen molar-refractivity contribution in [1.82, 2.24) is 0 Å². The molecule has 0 bridgehead atoms. The highest BCUT2D eigenvalue weighted by molar-refractivity contribution is 6.03. The van der Waals surface area contributed by atoms with Crippen molar-refractivity contribution in [1.29, 1.82) is 0 Å². The maximum absolute atomic E-state index is 13.1. The number of rotatable bonds is 2. The van der Waals surface area contributed by atoms with E-state index < -0.39 is 11.9 Å². The van der Waals surface area contributed by atoms with Crippen LogP contribution in [0, 0.1) is 17.3 Å². The normalized spacial score (nSPS) is 30.9. The van der Waals surface area contributed by atoms with Crippen LogP contribution in [0.15, 0.2) is 12.1 Å². The monoisotopic (exact) mass is 384 g/mol. The first-order valence-electron chi connectivity index (χ1n) is 9.82. The second kappa shape index (κ2) is 6.54. The fraction of sp³-hybridized carbons (Fsp3) is 0.545. The maximum Gasteiger partial charge on any atom is 0.308 e. The number of carbonyl (C=O) groups is 4. The highest BCUT2D eigenvalue weighted by Gasteiger charge is 2.56. The van der Waals surface area contributed by atoms with Crippen molar-refractivity contribution in [3.63, 3.8) is 0 Å². The van der Waals surface area contributed by atoms with Crippen LogP contribution in [-0.2, 0) is 14.4 Å². The highest BCUT2D eigenvalue weighted by atomic mass is 16.6. The Hall–Kier alpha value is -2.50. The van der Waals surface area contributed by atoms with Gasteiger partial charge in [0.1, 0.15) is 5.78 Å². The summed E-state index contributed by atoms with van der Waals surface area (Å²) in [6, 6.07) is 3.41. The van der Waals surface area contributed by atoms with Crippen molar-refractivity contribution in [2.24, 2.45) is 17.3 Å². The molecule has 0 heterocycles. The summed E-state index contributed by atoms with van der Waals surface area (Å²) in [5, 5.41) is 0. The zero-order valence-electron chi connectivity index (χ0n) is 16.4. The van der Waals surface area contributed by atoms with E-state index in [1.807, 2.05) is 6.07 Å². The minimum absolute atomic E-state index is 0.0412. The van der Waals surface area contributed by atoms with Gasteiger partial charge in [-0.25, -0.2) is 0 Å². The zero-order valence-corrected chi connectivity index (χ0v) is 16.4. The van der Waals surface area contributed by atoms with Crippen LogP contribution >= 0.6 is 0 Å². The number of fused-ring (bicyclic) bond motifs is 5. The molecule has 0 unspecified atom stereocenters. The van der Waals surface area contributed by atoms with Crippen LogP contribution < -0.4 is 9.47 Å². The molecule has 1 aromatic carbocycles. The lowest BCUT2D eigenvalue weighted by Crippen LogP contribution is -2.43. The van der Waals surface area contributed by atoms with Gasteiger partial charge in [0, 0.05) is 32.1 Å². The molecule has 3 aliphatic carbocycles. The van der Waals surface area contributed by atoms with Gasteiger partial charge in [-0.1, -0.05) is 13.0 Å². The van der Waals surface area contributed by atoms with Gasteiger partial charge in [0.15, 0.2) is 17.3 Å². The number of Topliss-reactive ketones (excluding diaryl/α,β-unsaturated/α-hetero) is 2. The zero-order chi connectivity index (χ0) is 20.2. The standard InChI is InChI=1S/C22H24O6/c1-11(23)27-18-6-4-14-13-8-9-22(3)16(5-7-19(22)26)15(13)10-17(25)20(14)21(18)28-12(2)24/h4,6,13,15-16H,5,7-10H2,1-3H3/t13-,15-,16+,22+/m1/s1. The Kier molecular flexibility index (Phi) is 4.40. The summed E-state index contributed by atoms with van der Waals surface area (Å²) >= 11 is 0. The van der Waals surface area contributed by atoms with Gasteiger partial charge >= 0.3 is 11.9 Å². The summed E-state index contributed by atoms with van der Waals surface area (Å²) in [5.41, 5.74) is 0.868. The van der Waals surface area contributed by atoms with Crippen LogP contribution in [0.2, 0.25) is 0 Å². The van der Waals surface area contributed by atoms with Crippen molar-refractivity contribution in [2.75, 3.05) is 0 Å². The second-order valence-electron chi connectivity index (χ2n) is 8.47. The Bertz CT molecular complexity index is 901. The number of ether oxygens (including phenoxy) is 2. The van der Waals surface area contributed by atoms with Crippen LogP contribution in [0.3, 0.4) is 0 Å². The molecule has 0 saturated heterocycles. The third kappa shape index (κ3) is 2.77. The van der Waals surface area contributed by atoms with Crippen LogP contribution in [0.25, 0.3) is 0 Å². The van der Waals surface area contributed by atoms with E-state index in [4.69, 9.17) is 9.47 Å². The fourth-order valence-electron chi connectivity index (χ4n) is 5.70. The maximum atomic E-state index is 13.1. The molecule has 4 rings (SSSR count). The predicted octanol–water partition coefficient (Wildman–Crippen LogP) is 3.60. The molecule has 3 aliphatic rings. The Morgan fingerprint density at radius 1 is 1.07 bits per heavy atom. The van der Waals surface area contributed by atoms with Gasteiger partial charge in [-0.15, -0.1) is 0 Å². The lowest BCUT2D eigenvalue weighted by Gasteiger charge is -2.47. The lowest BCUT2D eigenvalue weighted by molar-refractivity contribution is -0.134. The van der Waals surface area contributed by atoms with Crippen LogP contribution in [-0.4, -0.2) is 23.5 Å². The van der Waals surface area contributed by atoms with E-state index >= 15 is 0 Å². The number of hydrogen-bond acceptors (Lipinski definition) is 6. The minimum Gasteiger partial charge on any atom is -0.423 e. The summed E-state index contributed by atoms with van der Waals surface area (Å²) in [6.45, 7) is 4.56. The summed E-state index contributed by atoms with van der Waals surface area (Å²) in [6.07, 6.45) is 3.37. The molecule has 28 heavy (non-hydrogen) atoms. The molecule has 2 fully saturated rings. The van der Waals surface area contributed by atoms with E-state index in [9.17, 15) is 19.2 Å². The first-order chi connectivity index (χ1) is 13.2. The first kappa shape index (κ1) is 18.8. The largest absolute Gasteiger partial charge is 0.423 e. The summed E-state index contributed by atoms with van der Waals surface area (Å²) < 4.78 is 10.5. The molecular formula is C22H24O6. The number of ketones is 2. The molecule has 6 heteroatoms. The fourth-order valence-corrected chi connectivity index (χ4v) is 5.70. The summed E-state index contributed by atoms with van der Waals surface area (Å²) in [4.78, 5) is 48.7. The number of hydrogen-bond donors (Lipinski definition) is 0. The van der Waals surface area contributed by atoms with E-state index in [1.54, 1.807) is 6.07 Å². The van der Waals surface area contributed by atoms with Crippen molar-refractivity contribution in [3.05, 3.63) is 23.3 Å². The molecule has 2 saturated carbocycles. The molecule has 6 nitrogen and oxygen atoms in total. The molecule has 0 aliphatic heterocycles. The molecule has 148 valence electrons. The molecule has 0 spiro atoms. The highest BCUT2D eigenvalue weighted by Crippen LogP contribution is 2.60. The van der Waals surface area contributed by atoms with Gasteiger partial charge in [0.05, 0.1) is 5.56 Å². The van der Waals surface area contributed by atoms with Crippen molar-refractivity contribution >= 4 is 23.5 Å². The van der Waals surface area contributed by atoms with Gasteiger partial charge in [-0.3, -0.25) is 19.2 Å². The van der Waals surface area contributed by atoms with E-state index in [1.165, 1.54) is 13.8 Å². The van der Waals surface area contributed by atoms with Gasteiger partial charge < -0.3 is 9.47 Å². The topological polar surface area (TPSA) is 86.7 Å². The average molecular weight is 384 g/mol. The number of benzene rings is 1. The molecule has 1 aromatic rings. The average Bonchev–Trinajstić information content (AvgIpc) is 2.91. The molecule has 0 amide bonds. The third-order valence-corrected chi connectivity index (χ3v) is 6.90. The molecule has 0 N–H and O–H groups in total. The predicted molar refractivity (Wildman–Crippen MR) is 99.3 cm³/mol. The molecule has 0 radical (unpaired) electrons. The van der Waals surface area contributed by atoms with Crippen LogP contribution in [0.1, 0.15) is 74.7 Å². The van der Waals surface area contributed by atoms with E-state index in [2.05, 4.69) is 6.92 Å². The Morgan fingerprint density at radius 2 is 1.79 bits per heavy atom. The quantitative estimate of drug-likeness (QED) is 0.572. The summed E-state index contributed by atoms with van der Waals surface area (Å²) in [5.74, 6) is -0.329. The number of esters is 2. The van der Waals surface area contributed by atoms with Gasteiger partial charge in [0.2, 0.25) is 0 Å². The van der Waals surface area contributed by atoms with Crippen molar-refractivity contribution < 1.29 is 28.7 Å².